The van der Waals surface area contributed by atoms with Gasteiger partial charge in [0.25, 0.3) is 5.91 Å². The molecule has 2 N–H and O–H groups in total. The highest BCUT2D eigenvalue weighted by molar-refractivity contribution is 7.13. The van der Waals surface area contributed by atoms with Crippen LogP contribution in [-0.4, -0.2) is 36.8 Å². The molecule has 0 fully saturated rings. The van der Waals surface area contributed by atoms with Gasteiger partial charge < -0.3 is 19.5 Å². The number of amides is 2. The lowest BCUT2D eigenvalue weighted by atomic mass is 10.2. The van der Waals surface area contributed by atoms with E-state index in [1.54, 1.807) is 53.0 Å². The molecule has 0 aliphatic heterocycles. The number of methoxy groups -OCH3 is 2. The summed E-state index contributed by atoms with van der Waals surface area (Å²) < 4.78 is 15.6. The fourth-order valence-corrected chi connectivity index (χ4v) is 3.24. The number of rotatable bonds is 6. The van der Waals surface area contributed by atoms with Crippen molar-refractivity contribution in [2.75, 3.05) is 24.9 Å². The summed E-state index contributed by atoms with van der Waals surface area (Å²) in [5.74, 6) is 0.198. The van der Waals surface area contributed by atoms with E-state index in [4.69, 9.17) is 14.2 Å². The lowest BCUT2D eigenvalue weighted by Crippen LogP contribution is -2.27. The third-order valence-corrected chi connectivity index (χ3v) is 4.56. The number of aromatic nitrogens is 1. The number of nitrogens with one attached hydrogen (secondary N) is 2. The van der Waals surface area contributed by atoms with Gasteiger partial charge in [0.1, 0.15) is 21.2 Å². The molecule has 0 atom stereocenters. The molecule has 2 amide bonds. The molecule has 0 saturated carbocycles. The molecule has 28 heavy (non-hydrogen) atoms. The zero-order valence-electron chi connectivity index (χ0n) is 16.8. The predicted octanol–water partition coefficient (Wildman–Crippen LogP) is 4.21. The van der Waals surface area contributed by atoms with Gasteiger partial charge in [-0.05, 0) is 39.8 Å². The minimum atomic E-state index is -0.641. The van der Waals surface area contributed by atoms with Crippen molar-refractivity contribution >= 4 is 34.7 Å². The molecule has 0 aliphatic carbocycles. The maximum absolute atomic E-state index is 12.8. The number of hydrogen-bond acceptors (Lipinski definition) is 7. The second-order valence-electron chi connectivity index (χ2n) is 6.95. The number of carbonyl (C=O) groups excluding carboxylic acids is 2. The first-order valence-electron chi connectivity index (χ1n) is 8.57. The van der Waals surface area contributed by atoms with Crippen LogP contribution in [0.1, 0.15) is 41.1 Å². The molecule has 2 aromatic rings. The highest BCUT2D eigenvalue weighted by Gasteiger charge is 2.20. The van der Waals surface area contributed by atoms with Gasteiger partial charge in [0, 0.05) is 13.2 Å². The Hall–Kier alpha value is -2.65. The summed E-state index contributed by atoms with van der Waals surface area (Å²) in [5.41, 5.74) is 0.746. The lowest BCUT2D eigenvalue weighted by Gasteiger charge is -2.20. The number of hydrogen-bond donors (Lipinski definition) is 2. The largest absolute Gasteiger partial charge is 0.497 e. The van der Waals surface area contributed by atoms with Crippen LogP contribution < -0.4 is 15.4 Å². The maximum atomic E-state index is 12.8. The summed E-state index contributed by atoms with van der Waals surface area (Å²) >= 11 is 1.26. The van der Waals surface area contributed by atoms with E-state index in [1.165, 1.54) is 18.4 Å². The van der Waals surface area contributed by atoms with Crippen molar-refractivity contribution in [3.8, 4) is 5.75 Å². The molecule has 0 bridgehead atoms. The smallest absolute Gasteiger partial charge is 0.412 e. The normalized spacial score (nSPS) is 11.1. The molecule has 152 valence electrons. The third kappa shape index (κ3) is 5.93. The number of anilines is 2. The molecule has 8 nitrogen and oxygen atoms in total. The van der Waals surface area contributed by atoms with Gasteiger partial charge in [-0.3, -0.25) is 10.1 Å². The number of ether oxygens (including phenoxy) is 3. The average molecular weight is 407 g/mol. The highest BCUT2D eigenvalue weighted by Crippen LogP contribution is 2.29. The van der Waals surface area contributed by atoms with E-state index in [0.717, 1.165) is 0 Å². The molecule has 0 saturated heterocycles. The lowest BCUT2D eigenvalue weighted by molar-refractivity contribution is 0.0635. The molecular formula is C19H25N3O5S. The number of nitrogens with zero attached hydrogens (tertiary/aromatic N) is 1. The monoisotopic (exact) mass is 407 g/mol. The minimum Gasteiger partial charge on any atom is -0.497 e. The van der Waals surface area contributed by atoms with Gasteiger partial charge in [-0.1, -0.05) is 0 Å². The van der Waals surface area contributed by atoms with Crippen molar-refractivity contribution in [1.29, 1.82) is 0 Å². The van der Waals surface area contributed by atoms with Crippen LogP contribution in [0.15, 0.2) is 18.2 Å². The van der Waals surface area contributed by atoms with Crippen LogP contribution in [0.25, 0.3) is 0 Å². The molecule has 0 unspecified atom stereocenters. The zero-order chi connectivity index (χ0) is 20.9. The molecule has 2 rings (SSSR count). The van der Waals surface area contributed by atoms with Crippen molar-refractivity contribution in [3.63, 3.8) is 0 Å². The van der Waals surface area contributed by atoms with Crippen molar-refractivity contribution in [1.82, 2.24) is 4.98 Å². The molecule has 1 heterocycles. The topological polar surface area (TPSA) is 98.8 Å². The van der Waals surface area contributed by atoms with Crippen LogP contribution in [-0.2, 0) is 16.1 Å². The van der Waals surface area contributed by atoms with Gasteiger partial charge >= 0.3 is 6.09 Å². The summed E-state index contributed by atoms with van der Waals surface area (Å²) in [6.45, 7) is 7.41. The van der Waals surface area contributed by atoms with Gasteiger partial charge in [0.05, 0.1) is 30.8 Å². The van der Waals surface area contributed by atoms with E-state index >= 15 is 0 Å². The Morgan fingerprint density at radius 3 is 2.46 bits per heavy atom. The van der Waals surface area contributed by atoms with Crippen molar-refractivity contribution in [2.24, 2.45) is 0 Å². The van der Waals surface area contributed by atoms with Gasteiger partial charge in [-0.25, -0.2) is 9.78 Å². The standard InChI is InChI=1S/C19H25N3O5S/c1-11-16(28-15(20-11)10-25-5)17(23)21-14-9-12(26-6)7-8-13(14)22-18(24)27-19(2,3)4/h7-9H,10H2,1-6H3,(H,21,23)(H,22,24). The Balaban J connectivity index is 2.25. The van der Waals surface area contributed by atoms with E-state index in [-0.39, 0.29) is 5.91 Å². The molecule has 0 aliphatic rings. The first-order chi connectivity index (χ1) is 13.1. The Morgan fingerprint density at radius 2 is 1.86 bits per heavy atom. The SMILES string of the molecule is COCc1nc(C)c(C(=O)Nc2cc(OC)ccc2NC(=O)OC(C)(C)C)s1. The average Bonchev–Trinajstić information content (AvgIpc) is 2.95. The Bertz CT molecular complexity index is 858. The number of carbonyl (C=O) groups is 2. The highest BCUT2D eigenvalue weighted by atomic mass is 32.1. The van der Waals surface area contributed by atoms with Crippen LogP contribution in [0, 0.1) is 6.92 Å². The van der Waals surface area contributed by atoms with Crippen LogP contribution in [0.5, 0.6) is 5.75 Å². The van der Waals surface area contributed by atoms with E-state index in [1.807, 2.05) is 0 Å². The van der Waals surface area contributed by atoms with Crippen LogP contribution in [0.2, 0.25) is 0 Å². The quantitative estimate of drug-likeness (QED) is 0.744. The number of thiazole rings is 1. The van der Waals surface area contributed by atoms with Gasteiger partial charge in [0.15, 0.2) is 0 Å². The van der Waals surface area contributed by atoms with Crippen molar-refractivity contribution < 1.29 is 23.8 Å². The summed E-state index contributed by atoms with van der Waals surface area (Å²) in [4.78, 5) is 29.7. The summed E-state index contributed by atoms with van der Waals surface area (Å²) in [7, 11) is 3.09. The van der Waals surface area contributed by atoms with Crippen molar-refractivity contribution in [2.45, 2.75) is 39.9 Å². The van der Waals surface area contributed by atoms with Crippen LogP contribution in [0.4, 0.5) is 16.2 Å². The first-order valence-corrected chi connectivity index (χ1v) is 9.39. The summed E-state index contributed by atoms with van der Waals surface area (Å²) in [6, 6.07) is 4.93. The molecular weight excluding hydrogens is 382 g/mol. The summed E-state index contributed by atoms with van der Waals surface area (Å²) in [6.07, 6.45) is -0.621. The summed E-state index contributed by atoms with van der Waals surface area (Å²) in [5, 5.41) is 6.17. The fraction of sp³-hybridized carbons (Fsp3) is 0.421. The first kappa shape index (κ1) is 21.6. The third-order valence-electron chi connectivity index (χ3n) is 3.43. The van der Waals surface area contributed by atoms with E-state index < -0.39 is 11.7 Å². The van der Waals surface area contributed by atoms with Crippen LogP contribution in [0.3, 0.4) is 0 Å². The van der Waals surface area contributed by atoms with Crippen LogP contribution >= 0.6 is 11.3 Å². The second kappa shape index (κ2) is 9.03. The number of aryl methyl sites for hydroxylation is 1. The second-order valence-corrected chi connectivity index (χ2v) is 8.03. The fourth-order valence-electron chi connectivity index (χ4n) is 2.30. The zero-order valence-corrected chi connectivity index (χ0v) is 17.7. The molecule has 9 heteroatoms. The molecule has 1 aromatic carbocycles. The minimum absolute atomic E-state index is 0.335. The predicted molar refractivity (Wildman–Crippen MR) is 108 cm³/mol. The van der Waals surface area contributed by atoms with Gasteiger partial charge in [-0.2, -0.15) is 0 Å². The Kier molecular flexibility index (Phi) is 6.98. The van der Waals surface area contributed by atoms with Gasteiger partial charge in [0.2, 0.25) is 0 Å². The Labute approximate surface area is 168 Å². The number of benzene rings is 1. The molecule has 0 spiro atoms. The molecule has 1 aromatic heterocycles. The van der Waals surface area contributed by atoms with Crippen molar-refractivity contribution in [3.05, 3.63) is 33.8 Å². The van der Waals surface area contributed by atoms with E-state index in [9.17, 15) is 9.59 Å². The molecule has 0 radical (unpaired) electrons. The Morgan fingerprint density at radius 1 is 1.14 bits per heavy atom. The van der Waals surface area contributed by atoms with Gasteiger partial charge in [-0.15, -0.1) is 11.3 Å². The maximum Gasteiger partial charge on any atom is 0.412 e. The van der Waals surface area contributed by atoms with E-state index in [0.29, 0.717) is 39.3 Å². The van der Waals surface area contributed by atoms with E-state index in [2.05, 4.69) is 15.6 Å².